The summed E-state index contributed by atoms with van der Waals surface area (Å²) in [6, 6.07) is 0. The van der Waals surface area contributed by atoms with E-state index in [1.54, 1.807) is 0 Å². The third-order valence-corrected chi connectivity index (χ3v) is 2.14. The quantitative estimate of drug-likeness (QED) is 0.319. The van der Waals surface area contributed by atoms with Crippen molar-refractivity contribution in [2.75, 3.05) is 5.75 Å². The first-order valence-corrected chi connectivity index (χ1v) is 5.09. The topological polar surface area (TPSA) is 77.4 Å². The van der Waals surface area contributed by atoms with Crippen LogP contribution in [0.2, 0.25) is 0 Å². The van der Waals surface area contributed by atoms with E-state index >= 15 is 0 Å². The second-order valence-corrected chi connectivity index (χ2v) is 3.64. The van der Waals surface area contributed by atoms with Gasteiger partial charge in [0.2, 0.25) is 5.71 Å². The lowest BCUT2D eigenvalue weighted by atomic mass is 10.1. The van der Waals surface area contributed by atoms with Gasteiger partial charge in [0, 0.05) is 5.75 Å². The van der Waals surface area contributed by atoms with Crippen molar-refractivity contribution in [2.24, 2.45) is 5.16 Å². The van der Waals surface area contributed by atoms with E-state index in [4.69, 9.17) is 14.8 Å². The van der Waals surface area contributed by atoms with Gasteiger partial charge in [0.25, 0.3) is 0 Å². The summed E-state index contributed by atoms with van der Waals surface area (Å²) in [6.07, 6.45) is -1.38. The fourth-order valence-corrected chi connectivity index (χ4v) is 1.47. The molecule has 0 radical (unpaired) electrons. The van der Waals surface area contributed by atoms with Gasteiger partial charge in [-0.1, -0.05) is 5.16 Å². The van der Waals surface area contributed by atoms with E-state index in [1.165, 1.54) is 0 Å². The Balaban J connectivity index is 2.72. The molecule has 7 heteroatoms. The Morgan fingerprint density at radius 1 is 1.67 bits per heavy atom. The molecule has 0 aliphatic carbocycles. The van der Waals surface area contributed by atoms with Crippen LogP contribution in [0.15, 0.2) is 5.16 Å². The van der Waals surface area contributed by atoms with Gasteiger partial charge in [-0.15, -0.1) is 0 Å². The molecule has 1 N–H and O–H groups in total. The van der Waals surface area contributed by atoms with Crippen LogP contribution in [0.5, 0.6) is 0 Å². The first-order valence-electron chi connectivity index (χ1n) is 4.46. The fraction of sp³-hybridized carbons (Fsp3) is 0.750. The highest BCUT2D eigenvalue weighted by Crippen LogP contribution is 2.17. The minimum Gasteiger partial charge on any atom is -0.410 e. The molecule has 0 bridgehead atoms. The summed E-state index contributed by atoms with van der Waals surface area (Å²) >= 11 is 4.07. The van der Waals surface area contributed by atoms with Gasteiger partial charge in [-0.2, -0.15) is 17.5 Å². The third kappa shape index (κ3) is 2.83. The number of oxime groups is 1. The number of ether oxygens (including phenoxy) is 1. The molecule has 1 aliphatic heterocycles. The summed E-state index contributed by atoms with van der Waals surface area (Å²) in [5.41, 5.74) is -0.199. The summed E-state index contributed by atoms with van der Waals surface area (Å²) < 4.78 is 5.44. The fourth-order valence-electron chi connectivity index (χ4n) is 1.20. The minimum absolute atomic E-state index is 0.0543. The van der Waals surface area contributed by atoms with Gasteiger partial charge in [-0.3, -0.25) is 4.89 Å². The van der Waals surface area contributed by atoms with E-state index in [9.17, 15) is 4.79 Å². The van der Waals surface area contributed by atoms with Crippen LogP contribution in [0.1, 0.15) is 13.8 Å². The van der Waals surface area contributed by atoms with Crippen LogP contribution in [0.3, 0.4) is 0 Å². The van der Waals surface area contributed by atoms with Crippen molar-refractivity contribution in [3.8, 4) is 0 Å². The maximum Gasteiger partial charge on any atom is 0.393 e. The van der Waals surface area contributed by atoms with Crippen LogP contribution in [-0.4, -0.2) is 41.0 Å². The van der Waals surface area contributed by atoms with Gasteiger partial charge < -0.3 is 9.94 Å². The predicted molar refractivity (Wildman–Crippen MR) is 54.0 cm³/mol. The Morgan fingerprint density at radius 3 is 2.80 bits per heavy atom. The smallest absolute Gasteiger partial charge is 0.393 e. The van der Waals surface area contributed by atoms with Gasteiger partial charge in [-0.25, -0.2) is 4.79 Å². The SMILES string of the molecule is CC(C)OC(CS)C1OOC(=O)C1=NO. The standard InChI is InChI=1S/C8H13NO5S/c1-4(2)12-5(3-15)7-6(9-11)8(10)14-13-7/h4-5,7,11,15H,3H2,1-2H3. The molecule has 6 nitrogen and oxygen atoms in total. The Kier molecular flexibility index (Phi) is 4.37. The summed E-state index contributed by atoms with van der Waals surface area (Å²) in [6.45, 7) is 3.67. The second-order valence-electron chi connectivity index (χ2n) is 3.28. The molecule has 86 valence electrons. The average Bonchev–Trinajstić information content (AvgIpc) is 2.55. The molecule has 0 aromatic heterocycles. The minimum atomic E-state index is -0.831. The maximum atomic E-state index is 11.0. The van der Waals surface area contributed by atoms with Crippen LogP contribution in [0.25, 0.3) is 0 Å². The lowest BCUT2D eigenvalue weighted by Gasteiger charge is -2.20. The molecule has 0 aromatic rings. The van der Waals surface area contributed by atoms with E-state index in [0.717, 1.165) is 0 Å². The van der Waals surface area contributed by atoms with E-state index in [1.807, 2.05) is 13.8 Å². The van der Waals surface area contributed by atoms with Crippen LogP contribution in [0, 0.1) is 0 Å². The van der Waals surface area contributed by atoms with Crippen molar-refractivity contribution in [1.82, 2.24) is 0 Å². The highest BCUT2D eigenvalue weighted by atomic mass is 32.1. The third-order valence-electron chi connectivity index (χ3n) is 1.78. The van der Waals surface area contributed by atoms with Crippen LogP contribution in [-0.2, 0) is 19.3 Å². The number of hydrogen-bond acceptors (Lipinski definition) is 7. The summed E-state index contributed by atoms with van der Waals surface area (Å²) in [5.74, 6) is -0.486. The molecular weight excluding hydrogens is 222 g/mol. The van der Waals surface area contributed by atoms with Crippen LogP contribution in [0.4, 0.5) is 0 Å². The first kappa shape index (κ1) is 12.3. The summed E-state index contributed by atoms with van der Waals surface area (Å²) in [7, 11) is 0. The molecule has 1 rings (SSSR count). The van der Waals surface area contributed by atoms with Crippen molar-refractivity contribution >= 4 is 24.3 Å². The number of carbonyl (C=O) groups excluding carboxylic acids is 1. The van der Waals surface area contributed by atoms with Gasteiger partial charge in [0.05, 0.1) is 6.10 Å². The zero-order valence-electron chi connectivity index (χ0n) is 8.41. The van der Waals surface area contributed by atoms with Crippen molar-refractivity contribution in [3.63, 3.8) is 0 Å². The van der Waals surface area contributed by atoms with E-state index in [0.29, 0.717) is 5.75 Å². The molecule has 15 heavy (non-hydrogen) atoms. The van der Waals surface area contributed by atoms with Crippen molar-refractivity contribution in [3.05, 3.63) is 0 Å². The average molecular weight is 235 g/mol. The summed E-state index contributed by atoms with van der Waals surface area (Å²) in [4.78, 5) is 20.0. The molecule has 1 heterocycles. The normalized spacial score (nSPS) is 26.0. The van der Waals surface area contributed by atoms with E-state index < -0.39 is 18.2 Å². The monoisotopic (exact) mass is 235 g/mol. The highest BCUT2D eigenvalue weighted by Gasteiger charge is 2.41. The Bertz CT molecular complexity index is 268. The molecule has 0 aromatic carbocycles. The van der Waals surface area contributed by atoms with E-state index in [2.05, 4.69) is 22.7 Å². The number of nitrogens with zero attached hydrogens (tertiary/aromatic N) is 1. The Morgan fingerprint density at radius 2 is 2.33 bits per heavy atom. The van der Waals surface area contributed by atoms with E-state index in [-0.39, 0.29) is 11.8 Å². The van der Waals surface area contributed by atoms with Gasteiger partial charge >= 0.3 is 5.97 Å². The molecule has 2 unspecified atom stereocenters. The Labute approximate surface area is 92.5 Å². The maximum absolute atomic E-state index is 11.0. The molecule has 1 aliphatic rings. The number of carbonyl (C=O) groups is 1. The molecule has 2 atom stereocenters. The van der Waals surface area contributed by atoms with Crippen molar-refractivity contribution in [1.29, 1.82) is 0 Å². The van der Waals surface area contributed by atoms with Gasteiger partial charge in [0.1, 0.15) is 6.10 Å². The zero-order valence-corrected chi connectivity index (χ0v) is 9.31. The lowest BCUT2D eigenvalue weighted by Crippen LogP contribution is -2.38. The van der Waals surface area contributed by atoms with Gasteiger partial charge in [0.15, 0.2) is 6.10 Å². The number of hydrogen-bond donors (Lipinski definition) is 2. The van der Waals surface area contributed by atoms with Crippen molar-refractivity contribution in [2.45, 2.75) is 32.2 Å². The second kappa shape index (κ2) is 5.34. The predicted octanol–water partition coefficient (Wildman–Crippen LogP) is 0.397. The highest BCUT2D eigenvalue weighted by molar-refractivity contribution is 7.80. The molecule has 1 fully saturated rings. The molecule has 0 saturated carbocycles. The lowest BCUT2D eigenvalue weighted by molar-refractivity contribution is -0.274. The Hall–Kier alpha value is -0.790. The van der Waals surface area contributed by atoms with Crippen molar-refractivity contribution < 1.29 is 24.5 Å². The zero-order chi connectivity index (χ0) is 11.4. The van der Waals surface area contributed by atoms with Crippen LogP contribution < -0.4 is 0 Å². The number of thiol groups is 1. The van der Waals surface area contributed by atoms with Gasteiger partial charge in [-0.05, 0) is 13.8 Å². The largest absolute Gasteiger partial charge is 0.410 e. The van der Waals surface area contributed by atoms with Crippen LogP contribution >= 0.6 is 12.6 Å². The first-order chi connectivity index (χ1) is 7.10. The molecule has 1 saturated heterocycles. The molecular formula is C8H13NO5S. The summed E-state index contributed by atoms with van der Waals surface area (Å²) in [5, 5.41) is 11.4. The number of rotatable bonds is 4. The molecule has 0 spiro atoms. The molecule has 0 amide bonds.